The van der Waals surface area contributed by atoms with Crippen LogP contribution in [0.5, 0.6) is 0 Å². The first kappa shape index (κ1) is 8.60. The zero-order chi connectivity index (χ0) is 8.97. The second-order valence-electron chi connectivity index (χ2n) is 2.08. The summed E-state index contributed by atoms with van der Waals surface area (Å²) in [7, 11) is 1.62. The van der Waals surface area contributed by atoms with Gasteiger partial charge in [-0.15, -0.1) is 10.2 Å². The molecule has 1 aromatic rings. The van der Waals surface area contributed by atoms with Crippen molar-refractivity contribution in [1.82, 2.24) is 20.2 Å². The van der Waals surface area contributed by atoms with Crippen molar-refractivity contribution in [3.63, 3.8) is 0 Å². The highest BCUT2D eigenvalue weighted by Gasteiger charge is 2.01. The number of carbonyl (C=O) groups is 1. The topological polar surface area (TPSA) is 90.1 Å². The molecule has 1 N–H and O–H groups in total. The first-order valence-electron chi connectivity index (χ1n) is 3.21. The van der Waals surface area contributed by atoms with E-state index < -0.39 is 5.97 Å². The molecule has 0 amide bonds. The van der Waals surface area contributed by atoms with Crippen molar-refractivity contribution in [3.8, 4) is 0 Å². The summed E-state index contributed by atoms with van der Waals surface area (Å²) in [6.07, 6.45) is 0. The van der Waals surface area contributed by atoms with E-state index >= 15 is 0 Å². The van der Waals surface area contributed by atoms with Gasteiger partial charge in [0.25, 0.3) is 0 Å². The molecule has 0 fully saturated rings. The van der Waals surface area contributed by atoms with E-state index in [4.69, 9.17) is 9.84 Å². The Hall–Kier alpha value is -1.50. The molecule has 0 aliphatic heterocycles. The van der Waals surface area contributed by atoms with E-state index in [0.717, 1.165) is 0 Å². The van der Waals surface area contributed by atoms with E-state index in [2.05, 4.69) is 15.4 Å². The number of aliphatic carboxylic acids is 1. The standard InChI is InChI=1S/C5H8N4O3/c1-9-7-4(6-8-9)2-12-3-5(10)11/h2-3H2,1H3,(H,10,11). The smallest absolute Gasteiger partial charge is 0.329 e. The lowest BCUT2D eigenvalue weighted by Gasteiger charge is -1.93. The van der Waals surface area contributed by atoms with Gasteiger partial charge in [-0.1, -0.05) is 0 Å². The number of tetrazole rings is 1. The zero-order valence-corrected chi connectivity index (χ0v) is 6.47. The second-order valence-corrected chi connectivity index (χ2v) is 2.08. The van der Waals surface area contributed by atoms with Gasteiger partial charge >= 0.3 is 5.97 Å². The molecule has 1 aromatic heterocycles. The maximum absolute atomic E-state index is 10.0. The molecule has 0 aliphatic carbocycles. The number of ether oxygens (including phenoxy) is 1. The van der Waals surface area contributed by atoms with Crippen molar-refractivity contribution >= 4 is 5.97 Å². The van der Waals surface area contributed by atoms with Gasteiger partial charge in [0.1, 0.15) is 13.2 Å². The van der Waals surface area contributed by atoms with Crippen LogP contribution in [0.4, 0.5) is 0 Å². The van der Waals surface area contributed by atoms with Crippen LogP contribution in [-0.4, -0.2) is 37.9 Å². The van der Waals surface area contributed by atoms with Crippen LogP contribution in [0.1, 0.15) is 5.82 Å². The first-order valence-corrected chi connectivity index (χ1v) is 3.21. The molecule has 66 valence electrons. The Balaban J connectivity index is 2.29. The molecular formula is C5H8N4O3. The number of carboxylic acid groups (broad SMARTS) is 1. The van der Waals surface area contributed by atoms with Gasteiger partial charge < -0.3 is 9.84 Å². The lowest BCUT2D eigenvalue weighted by molar-refractivity contribution is -0.142. The summed E-state index contributed by atoms with van der Waals surface area (Å²) >= 11 is 0. The van der Waals surface area contributed by atoms with Crippen molar-refractivity contribution in [2.45, 2.75) is 6.61 Å². The van der Waals surface area contributed by atoms with Crippen LogP contribution in [0.2, 0.25) is 0 Å². The Morgan fingerprint density at radius 3 is 3.00 bits per heavy atom. The highest BCUT2D eigenvalue weighted by Crippen LogP contribution is 1.88. The minimum Gasteiger partial charge on any atom is -0.480 e. The molecule has 7 heteroatoms. The fraction of sp³-hybridized carbons (Fsp3) is 0.600. The van der Waals surface area contributed by atoms with Gasteiger partial charge in [0, 0.05) is 0 Å². The number of nitrogens with zero attached hydrogens (tertiary/aromatic N) is 4. The molecule has 0 spiro atoms. The van der Waals surface area contributed by atoms with Crippen LogP contribution in [0.3, 0.4) is 0 Å². The van der Waals surface area contributed by atoms with Gasteiger partial charge in [0.05, 0.1) is 7.05 Å². The quantitative estimate of drug-likeness (QED) is 0.614. The van der Waals surface area contributed by atoms with E-state index in [-0.39, 0.29) is 13.2 Å². The Kier molecular flexibility index (Phi) is 2.70. The SMILES string of the molecule is Cn1nnc(COCC(=O)O)n1. The summed E-state index contributed by atoms with van der Waals surface area (Å²) in [5.41, 5.74) is 0. The molecular weight excluding hydrogens is 164 g/mol. The monoisotopic (exact) mass is 172 g/mol. The number of hydrogen-bond donors (Lipinski definition) is 1. The number of aryl methyl sites for hydroxylation is 1. The molecule has 0 atom stereocenters. The second kappa shape index (κ2) is 3.77. The van der Waals surface area contributed by atoms with Gasteiger partial charge in [-0.25, -0.2) is 4.79 Å². The minimum atomic E-state index is -1.01. The average molecular weight is 172 g/mol. The van der Waals surface area contributed by atoms with E-state index in [9.17, 15) is 4.79 Å². The largest absolute Gasteiger partial charge is 0.480 e. The molecule has 0 unspecified atom stereocenters. The number of aromatic nitrogens is 4. The van der Waals surface area contributed by atoms with E-state index in [1.165, 1.54) is 4.80 Å². The normalized spacial score (nSPS) is 10.1. The molecule has 0 bridgehead atoms. The Morgan fingerprint density at radius 1 is 1.75 bits per heavy atom. The van der Waals surface area contributed by atoms with Crippen LogP contribution in [0.15, 0.2) is 0 Å². The van der Waals surface area contributed by atoms with E-state index in [1.807, 2.05) is 0 Å². The summed E-state index contributed by atoms with van der Waals surface area (Å²) in [5.74, 6) is -0.641. The molecule has 0 aliphatic rings. The van der Waals surface area contributed by atoms with Crippen LogP contribution in [-0.2, 0) is 23.2 Å². The van der Waals surface area contributed by atoms with Gasteiger partial charge in [0.2, 0.25) is 0 Å². The third kappa shape index (κ3) is 2.62. The first-order chi connectivity index (χ1) is 5.68. The average Bonchev–Trinajstić information content (AvgIpc) is 2.35. The number of carboxylic acids is 1. The molecule has 1 rings (SSSR count). The molecule has 0 radical (unpaired) electrons. The third-order valence-electron chi connectivity index (χ3n) is 1.01. The molecule has 7 nitrogen and oxygen atoms in total. The van der Waals surface area contributed by atoms with Gasteiger partial charge in [0.15, 0.2) is 5.82 Å². The Morgan fingerprint density at radius 2 is 2.50 bits per heavy atom. The molecule has 1 heterocycles. The minimum absolute atomic E-state index is 0.0696. The van der Waals surface area contributed by atoms with Crippen molar-refractivity contribution in [2.24, 2.45) is 7.05 Å². The fourth-order valence-electron chi connectivity index (χ4n) is 0.611. The maximum atomic E-state index is 10.0. The number of rotatable bonds is 4. The number of hydrogen-bond acceptors (Lipinski definition) is 5. The highest BCUT2D eigenvalue weighted by molar-refractivity contribution is 5.67. The van der Waals surface area contributed by atoms with Crippen LogP contribution in [0, 0.1) is 0 Å². The van der Waals surface area contributed by atoms with Gasteiger partial charge in [-0.05, 0) is 5.21 Å². The van der Waals surface area contributed by atoms with Gasteiger partial charge in [-0.2, -0.15) is 4.80 Å². The predicted octanol–water partition coefficient (Wildman–Crippen LogP) is -1.19. The van der Waals surface area contributed by atoms with Crippen molar-refractivity contribution < 1.29 is 14.6 Å². The summed E-state index contributed by atoms with van der Waals surface area (Å²) < 4.78 is 4.72. The summed E-state index contributed by atoms with van der Waals surface area (Å²) in [6.45, 7) is -0.279. The molecule has 0 saturated carbocycles. The zero-order valence-electron chi connectivity index (χ0n) is 6.47. The van der Waals surface area contributed by atoms with E-state index in [1.54, 1.807) is 7.05 Å². The van der Waals surface area contributed by atoms with Gasteiger partial charge in [-0.3, -0.25) is 0 Å². The Bertz CT molecular complexity index is 271. The van der Waals surface area contributed by atoms with Crippen LogP contribution in [0.25, 0.3) is 0 Å². The van der Waals surface area contributed by atoms with Crippen molar-refractivity contribution in [2.75, 3.05) is 6.61 Å². The summed E-state index contributed by atoms with van der Waals surface area (Å²) in [6, 6.07) is 0. The fourth-order valence-corrected chi connectivity index (χ4v) is 0.611. The summed E-state index contributed by atoms with van der Waals surface area (Å²) in [5, 5.41) is 19.1. The van der Waals surface area contributed by atoms with Crippen LogP contribution < -0.4 is 0 Å². The Labute approximate surface area is 67.9 Å². The predicted molar refractivity (Wildman–Crippen MR) is 36.1 cm³/mol. The molecule has 0 saturated heterocycles. The lowest BCUT2D eigenvalue weighted by Crippen LogP contribution is -2.07. The van der Waals surface area contributed by atoms with Crippen molar-refractivity contribution in [1.29, 1.82) is 0 Å². The van der Waals surface area contributed by atoms with E-state index in [0.29, 0.717) is 5.82 Å². The van der Waals surface area contributed by atoms with Crippen LogP contribution >= 0.6 is 0 Å². The molecule has 12 heavy (non-hydrogen) atoms. The highest BCUT2D eigenvalue weighted by atomic mass is 16.5. The lowest BCUT2D eigenvalue weighted by atomic mass is 10.6. The van der Waals surface area contributed by atoms with Crippen molar-refractivity contribution in [3.05, 3.63) is 5.82 Å². The third-order valence-corrected chi connectivity index (χ3v) is 1.01. The maximum Gasteiger partial charge on any atom is 0.329 e. The summed E-state index contributed by atoms with van der Waals surface area (Å²) in [4.78, 5) is 11.3. The molecule has 0 aromatic carbocycles.